The molecule has 0 amide bonds. The van der Waals surface area contributed by atoms with Gasteiger partial charge in [0.25, 0.3) is 10.0 Å². The number of halogens is 2. The van der Waals surface area contributed by atoms with E-state index in [9.17, 15) is 18.1 Å². The molecule has 40 heavy (non-hydrogen) atoms. The number of hydrogen-bond acceptors (Lipinski definition) is 6. The number of nitriles is 1. The van der Waals surface area contributed by atoms with Gasteiger partial charge in [0, 0.05) is 29.5 Å². The molecule has 0 aliphatic heterocycles. The molecule has 0 aliphatic carbocycles. The molecule has 0 saturated carbocycles. The third-order valence-corrected chi connectivity index (χ3v) is 9.10. The first-order valence-corrected chi connectivity index (χ1v) is 14.4. The van der Waals surface area contributed by atoms with E-state index in [1.165, 1.54) is 42.2 Å². The molecule has 4 aromatic carbocycles. The fraction of sp³-hybridized carbons (Fsp3) is 0.100. The van der Waals surface area contributed by atoms with Crippen molar-refractivity contribution >= 4 is 32.7 Å². The summed E-state index contributed by atoms with van der Waals surface area (Å²) in [5.74, 6) is -0.540. The van der Waals surface area contributed by atoms with E-state index in [1.54, 1.807) is 43.5 Å². The minimum Gasteiger partial charge on any atom is -0.497 e. The second-order valence-electron chi connectivity index (χ2n) is 8.87. The van der Waals surface area contributed by atoms with Gasteiger partial charge in [0.1, 0.15) is 23.4 Å². The fourth-order valence-electron chi connectivity index (χ4n) is 4.10. The van der Waals surface area contributed by atoms with E-state index >= 15 is 4.39 Å². The summed E-state index contributed by atoms with van der Waals surface area (Å²) in [6.07, 6.45) is 1.38. The topological polar surface area (TPSA) is 81.3 Å². The molecule has 0 fully saturated rings. The highest BCUT2D eigenvalue weighted by Crippen LogP contribution is 2.43. The molecule has 0 spiro atoms. The van der Waals surface area contributed by atoms with E-state index in [0.717, 1.165) is 27.2 Å². The summed E-state index contributed by atoms with van der Waals surface area (Å²) < 4.78 is 68.7. The maximum Gasteiger partial charge on any atom is 0.268 e. The van der Waals surface area contributed by atoms with Crippen LogP contribution in [0.25, 0.3) is 10.9 Å². The van der Waals surface area contributed by atoms with Crippen molar-refractivity contribution in [2.75, 3.05) is 7.11 Å². The number of fused-ring (bicyclic) bond motifs is 1. The van der Waals surface area contributed by atoms with Crippen LogP contribution in [-0.2, 0) is 15.8 Å². The monoisotopic (exact) mass is 576 g/mol. The van der Waals surface area contributed by atoms with Gasteiger partial charge in [-0.2, -0.15) is 5.26 Å². The molecule has 0 saturated heterocycles. The maximum absolute atomic E-state index is 15.8. The molecule has 0 aliphatic rings. The zero-order valence-electron chi connectivity index (χ0n) is 21.4. The molecule has 0 unspecified atom stereocenters. The Hall–Kier alpha value is -4.33. The van der Waals surface area contributed by atoms with E-state index in [0.29, 0.717) is 21.8 Å². The standard InChI is InChI=1S/C30H22F2N2O4S2/c1-19-3-10-24(11-4-19)40(35,36)34-14-13-25-28(34)16-27(32)29(38-23-9-12-26(31)21(15-23)17-33)30(25)39-18-20-5-7-22(37-2)8-6-20/h3-16H,18H2,1-2H3. The minimum atomic E-state index is -4.02. The van der Waals surface area contributed by atoms with Gasteiger partial charge >= 0.3 is 0 Å². The van der Waals surface area contributed by atoms with Crippen molar-refractivity contribution in [2.45, 2.75) is 22.5 Å². The molecule has 0 radical (unpaired) electrons. The van der Waals surface area contributed by atoms with Crippen LogP contribution >= 0.6 is 11.8 Å². The Kier molecular flexibility index (Phi) is 7.52. The molecular weight excluding hydrogens is 554 g/mol. The highest BCUT2D eigenvalue weighted by Gasteiger charge is 2.24. The molecule has 6 nitrogen and oxygen atoms in total. The Labute approximate surface area is 234 Å². The van der Waals surface area contributed by atoms with Gasteiger partial charge in [-0.25, -0.2) is 21.2 Å². The number of ether oxygens (including phenoxy) is 2. The number of thioether (sulfide) groups is 1. The van der Waals surface area contributed by atoms with Gasteiger partial charge in [-0.1, -0.05) is 29.8 Å². The van der Waals surface area contributed by atoms with Gasteiger partial charge in [0.15, 0.2) is 11.6 Å². The summed E-state index contributed by atoms with van der Waals surface area (Å²) in [6.45, 7) is 1.85. The summed E-state index contributed by atoms with van der Waals surface area (Å²) in [7, 11) is -2.46. The summed E-state index contributed by atoms with van der Waals surface area (Å²) in [4.78, 5) is 0.422. The highest BCUT2D eigenvalue weighted by molar-refractivity contribution is 7.98. The Bertz CT molecular complexity index is 1860. The molecule has 202 valence electrons. The predicted octanol–water partition coefficient (Wildman–Crippen LogP) is 7.43. The Morgan fingerprint density at radius 3 is 2.30 bits per heavy atom. The van der Waals surface area contributed by atoms with Crippen molar-refractivity contribution in [3.63, 3.8) is 0 Å². The van der Waals surface area contributed by atoms with Crippen molar-refractivity contribution in [3.8, 4) is 23.3 Å². The second-order valence-corrected chi connectivity index (χ2v) is 11.7. The summed E-state index contributed by atoms with van der Waals surface area (Å²) in [5.41, 5.74) is 1.71. The van der Waals surface area contributed by atoms with E-state index in [4.69, 9.17) is 9.47 Å². The average molecular weight is 577 g/mol. The summed E-state index contributed by atoms with van der Waals surface area (Å²) >= 11 is 1.26. The van der Waals surface area contributed by atoms with Gasteiger partial charge in [0.2, 0.25) is 0 Å². The fourth-order valence-corrected chi connectivity index (χ4v) is 6.54. The van der Waals surface area contributed by atoms with E-state index < -0.39 is 21.7 Å². The van der Waals surface area contributed by atoms with Gasteiger partial charge in [0.05, 0.1) is 28.0 Å². The minimum absolute atomic E-state index is 0.0641. The van der Waals surface area contributed by atoms with E-state index in [1.807, 2.05) is 19.1 Å². The average Bonchev–Trinajstić information content (AvgIpc) is 3.38. The van der Waals surface area contributed by atoms with Crippen LogP contribution < -0.4 is 9.47 Å². The van der Waals surface area contributed by atoms with Gasteiger partial charge < -0.3 is 9.47 Å². The lowest BCUT2D eigenvalue weighted by Gasteiger charge is -2.15. The van der Waals surface area contributed by atoms with Crippen molar-refractivity contribution in [2.24, 2.45) is 0 Å². The second kappa shape index (κ2) is 11.0. The lowest BCUT2D eigenvalue weighted by atomic mass is 10.2. The molecular formula is C30H22F2N2O4S2. The van der Waals surface area contributed by atoms with Gasteiger partial charge in [-0.3, -0.25) is 0 Å². The Morgan fingerprint density at radius 1 is 0.925 bits per heavy atom. The lowest BCUT2D eigenvalue weighted by molar-refractivity contribution is 0.414. The zero-order valence-corrected chi connectivity index (χ0v) is 23.0. The lowest BCUT2D eigenvalue weighted by Crippen LogP contribution is -2.12. The highest BCUT2D eigenvalue weighted by atomic mass is 32.2. The number of methoxy groups -OCH3 is 1. The van der Waals surface area contributed by atoms with Crippen molar-refractivity contribution < 1.29 is 26.7 Å². The van der Waals surface area contributed by atoms with E-state index in [-0.39, 0.29) is 27.5 Å². The van der Waals surface area contributed by atoms with Crippen LogP contribution in [0, 0.1) is 29.9 Å². The molecule has 5 aromatic rings. The third kappa shape index (κ3) is 5.26. The van der Waals surface area contributed by atoms with Crippen molar-refractivity contribution in [1.29, 1.82) is 5.26 Å². The molecule has 0 bridgehead atoms. The normalized spacial score (nSPS) is 11.4. The summed E-state index contributed by atoms with van der Waals surface area (Å²) in [6, 6.07) is 21.7. The van der Waals surface area contributed by atoms with Gasteiger partial charge in [-0.15, -0.1) is 11.8 Å². The number of aryl methyl sites for hydroxylation is 1. The SMILES string of the molecule is COc1ccc(CSc2c(Oc3ccc(F)c(C#N)c3)c(F)cc3c2ccn3S(=O)(=O)c2ccc(C)cc2)cc1. The van der Waals surface area contributed by atoms with Crippen molar-refractivity contribution in [3.05, 3.63) is 113 Å². The Balaban J connectivity index is 1.63. The quantitative estimate of drug-likeness (QED) is 0.179. The van der Waals surface area contributed by atoms with E-state index in [2.05, 4.69) is 0 Å². The molecule has 1 aromatic heterocycles. The largest absolute Gasteiger partial charge is 0.497 e. The molecule has 0 atom stereocenters. The first kappa shape index (κ1) is 27.2. The third-order valence-electron chi connectivity index (χ3n) is 6.22. The molecule has 0 N–H and O–H groups in total. The smallest absolute Gasteiger partial charge is 0.268 e. The van der Waals surface area contributed by atoms with Crippen LogP contribution in [0.5, 0.6) is 17.2 Å². The van der Waals surface area contributed by atoms with Crippen LogP contribution in [0.1, 0.15) is 16.7 Å². The van der Waals surface area contributed by atoms with Crippen molar-refractivity contribution in [1.82, 2.24) is 3.97 Å². The zero-order chi connectivity index (χ0) is 28.4. The molecule has 5 rings (SSSR count). The number of rotatable bonds is 8. The number of hydrogen-bond donors (Lipinski definition) is 0. The van der Waals surface area contributed by atoms with Crippen LogP contribution in [0.2, 0.25) is 0 Å². The van der Waals surface area contributed by atoms with Crippen LogP contribution in [-0.4, -0.2) is 19.5 Å². The number of aromatic nitrogens is 1. The van der Waals surface area contributed by atoms with Crippen LogP contribution in [0.15, 0.2) is 94.9 Å². The molecule has 10 heteroatoms. The first-order valence-electron chi connectivity index (χ1n) is 12.0. The number of nitrogens with zero attached hydrogens (tertiary/aromatic N) is 2. The van der Waals surface area contributed by atoms with Crippen LogP contribution in [0.3, 0.4) is 0 Å². The predicted molar refractivity (Wildman–Crippen MR) is 149 cm³/mol. The van der Waals surface area contributed by atoms with Gasteiger partial charge in [-0.05, 0) is 55.0 Å². The summed E-state index contributed by atoms with van der Waals surface area (Å²) in [5, 5.41) is 9.65. The number of benzene rings is 4. The first-order chi connectivity index (χ1) is 19.2. The Morgan fingerprint density at radius 2 is 1.62 bits per heavy atom. The molecule has 1 heterocycles. The van der Waals surface area contributed by atoms with Crippen LogP contribution in [0.4, 0.5) is 8.78 Å². The maximum atomic E-state index is 15.8.